The van der Waals surface area contributed by atoms with Crippen LogP contribution in [-0.4, -0.2) is 15.0 Å². The molecular weight excluding hydrogens is 182 g/mol. The number of aromatic nitrogens is 3. The van der Waals surface area contributed by atoms with Crippen molar-refractivity contribution < 1.29 is 0 Å². The molecule has 0 saturated heterocycles. The van der Waals surface area contributed by atoms with Crippen molar-refractivity contribution in [1.82, 2.24) is 15.0 Å². The van der Waals surface area contributed by atoms with Gasteiger partial charge in [0.15, 0.2) is 5.16 Å². The van der Waals surface area contributed by atoms with Gasteiger partial charge >= 0.3 is 0 Å². The molecule has 0 aliphatic heterocycles. The molecule has 0 bridgehead atoms. The monoisotopic (exact) mass is 191 g/mol. The number of aromatic amines is 1. The highest BCUT2D eigenvalue weighted by Crippen LogP contribution is 2.20. The van der Waals surface area contributed by atoms with Crippen molar-refractivity contribution in [2.45, 2.75) is 12.1 Å². The Hall–Kier alpha value is -1.29. The van der Waals surface area contributed by atoms with Crippen LogP contribution in [-0.2, 0) is 0 Å². The van der Waals surface area contributed by atoms with Crippen LogP contribution in [0, 0.1) is 6.92 Å². The molecule has 13 heavy (non-hydrogen) atoms. The van der Waals surface area contributed by atoms with Crippen molar-refractivity contribution in [2.24, 2.45) is 0 Å². The maximum absolute atomic E-state index is 4.26. The first-order valence-electron chi connectivity index (χ1n) is 3.93. The van der Waals surface area contributed by atoms with Crippen LogP contribution >= 0.6 is 12.6 Å². The molecule has 0 unspecified atom stereocenters. The number of aryl methyl sites for hydroxylation is 1. The fraction of sp³-hybridized carbons (Fsp3) is 0.111. The lowest BCUT2D eigenvalue weighted by Gasteiger charge is -1.95. The molecule has 2 heterocycles. The first-order valence-corrected chi connectivity index (χ1v) is 4.38. The third-order valence-corrected chi connectivity index (χ3v) is 2.04. The molecule has 0 saturated carbocycles. The standard InChI is InChI=1S/C9H9N3S/c1-6-8(12-9(13)11-6)7-2-4-10-5-3-7/h2-5H,1H3,(H2,11,12,13). The zero-order valence-electron chi connectivity index (χ0n) is 7.15. The summed E-state index contributed by atoms with van der Waals surface area (Å²) in [6.07, 6.45) is 3.50. The Balaban J connectivity index is 2.53. The van der Waals surface area contributed by atoms with Crippen molar-refractivity contribution >= 4 is 12.6 Å². The molecule has 3 nitrogen and oxygen atoms in total. The molecule has 0 atom stereocenters. The average Bonchev–Trinajstić information content (AvgIpc) is 2.47. The molecule has 2 aromatic heterocycles. The summed E-state index contributed by atoms with van der Waals surface area (Å²) in [6.45, 7) is 1.97. The molecule has 0 aliphatic rings. The van der Waals surface area contributed by atoms with Crippen molar-refractivity contribution in [3.63, 3.8) is 0 Å². The summed E-state index contributed by atoms with van der Waals surface area (Å²) < 4.78 is 0. The number of imidazole rings is 1. The molecule has 2 rings (SSSR count). The van der Waals surface area contributed by atoms with E-state index in [9.17, 15) is 0 Å². The van der Waals surface area contributed by atoms with E-state index in [1.165, 1.54) is 0 Å². The van der Waals surface area contributed by atoms with E-state index in [1.807, 2.05) is 19.1 Å². The van der Waals surface area contributed by atoms with Gasteiger partial charge in [-0.05, 0) is 19.1 Å². The van der Waals surface area contributed by atoms with E-state index in [4.69, 9.17) is 0 Å². The highest BCUT2D eigenvalue weighted by atomic mass is 32.1. The maximum atomic E-state index is 4.26. The minimum Gasteiger partial charge on any atom is -0.337 e. The highest BCUT2D eigenvalue weighted by molar-refractivity contribution is 7.80. The Kier molecular flexibility index (Phi) is 2.06. The molecule has 1 N–H and O–H groups in total. The number of hydrogen-bond acceptors (Lipinski definition) is 3. The van der Waals surface area contributed by atoms with Gasteiger partial charge in [0.1, 0.15) is 0 Å². The number of nitrogens with one attached hydrogen (secondary N) is 1. The second-order valence-electron chi connectivity index (χ2n) is 2.77. The number of pyridine rings is 1. The molecule has 0 aliphatic carbocycles. The fourth-order valence-corrected chi connectivity index (χ4v) is 1.50. The molecule has 66 valence electrons. The molecule has 4 heteroatoms. The van der Waals surface area contributed by atoms with Crippen LogP contribution in [0.15, 0.2) is 29.7 Å². The first-order chi connectivity index (χ1) is 6.27. The van der Waals surface area contributed by atoms with Crippen LogP contribution < -0.4 is 0 Å². The SMILES string of the molecule is Cc1[nH]c(S)nc1-c1ccncc1. The lowest BCUT2D eigenvalue weighted by molar-refractivity contribution is 1.05. The van der Waals surface area contributed by atoms with Crippen LogP contribution in [0.3, 0.4) is 0 Å². The third-order valence-electron chi connectivity index (χ3n) is 1.83. The summed E-state index contributed by atoms with van der Waals surface area (Å²) in [7, 11) is 0. The zero-order chi connectivity index (χ0) is 9.26. The van der Waals surface area contributed by atoms with E-state index in [0.717, 1.165) is 17.0 Å². The predicted octanol–water partition coefficient (Wildman–Crippen LogP) is 2.07. The van der Waals surface area contributed by atoms with E-state index in [-0.39, 0.29) is 0 Å². The van der Waals surface area contributed by atoms with Gasteiger partial charge in [0.05, 0.1) is 5.69 Å². The third kappa shape index (κ3) is 1.58. The van der Waals surface area contributed by atoms with Gasteiger partial charge in [-0.3, -0.25) is 4.98 Å². The topological polar surface area (TPSA) is 41.6 Å². The Bertz CT molecular complexity index is 408. The predicted molar refractivity (Wildman–Crippen MR) is 53.8 cm³/mol. The van der Waals surface area contributed by atoms with Gasteiger partial charge in [-0.2, -0.15) is 0 Å². The maximum Gasteiger partial charge on any atom is 0.163 e. The second kappa shape index (κ2) is 3.22. The average molecular weight is 191 g/mol. The van der Waals surface area contributed by atoms with Crippen molar-refractivity contribution in [3.8, 4) is 11.3 Å². The molecule has 0 radical (unpaired) electrons. The summed E-state index contributed by atoms with van der Waals surface area (Å²) in [5.74, 6) is 0. The Labute approximate surface area is 81.7 Å². The smallest absolute Gasteiger partial charge is 0.163 e. The molecule has 0 spiro atoms. The van der Waals surface area contributed by atoms with E-state index in [2.05, 4.69) is 27.6 Å². The second-order valence-corrected chi connectivity index (χ2v) is 3.19. The van der Waals surface area contributed by atoms with Crippen molar-refractivity contribution in [1.29, 1.82) is 0 Å². The lowest BCUT2D eigenvalue weighted by atomic mass is 10.2. The Morgan fingerprint density at radius 1 is 1.31 bits per heavy atom. The molecule has 0 amide bonds. The van der Waals surface area contributed by atoms with Crippen molar-refractivity contribution in [2.75, 3.05) is 0 Å². The minimum absolute atomic E-state index is 0.643. The molecular formula is C9H9N3S. The number of nitrogens with zero attached hydrogens (tertiary/aromatic N) is 2. The molecule has 0 aromatic carbocycles. The highest BCUT2D eigenvalue weighted by Gasteiger charge is 2.05. The van der Waals surface area contributed by atoms with E-state index < -0.39 is 0 Å². The van der Waals surface area contributed by atoms with Crippen LogP contribution in [0.25, 0.3) is 11.3 Å². The lowest BCUT2D eigenvalue weighted by Crippen LogP contribution is -1.80. The van der Waals surface area contributed by atoms with Crippen LogP contribution in [0.1, 0.15) is 5.69 Å². The van der Waals surface area contributed by atoms with Gasteiger partial charge < -0.3 is 4.98 Å². The zero-order valence-corrected chi connectivity index (χ0v) is 8.05. The largest absolute Gasteiger partial charge is 0.337 e. The summed E-state index contributed by atoms with van der Waals surface area (Å²) in [5, 5.41) is 0.643. The summed E-state index contributed by atoms with van der Waals surface area (Å²) in [6, 6.07) is 3.85. The van der Waals surface area contributed by atoms with Gasteiger partial charge in [-0.25, -0.2) is 4.98 Å². The number of H-pyrrole nitrogens is 1. The van der Waals surface area contributed by atoms with Crippen LogP contribution in [0.5, 0.6) is 0 Å². The van der Waals surface area contributed by atoms with Gasteiger partial charge in [0.2, 0.25) is 0 Å². The summed E-state index contributed by atoms with van der Waals surface area (Å²) in [4.78, 5) is 11.3. The molecule has 0 fully saturated rings. The van der Waals surface area contributed by atoms with E-state index in [1.54, 1.807) is 12.4 Å². The number of thiol groups is 1. The molecule has 2 aromatic rings. The Morgan fingerprint density at radius 2 is 2.00 bits per heavy atom. The Morgan fingerprint density at radius 3 is 2.54 bits per heavy atom. The van der Waals surface area contributed by atoms with Gasteiger partial charge in [0, 0.05) is 23.7 Å². The van der Waals surface area contributed by atoms with Gasteiger partial charge in [-0.15, -0.1) is 12.6 Å². The summed E-state index contributed by atoms with van der Waals surface area (Å²) >= 11 is 4.14. The number of hydrogen-bond donors (Lipinski definition) is 2. The van der Waals surface area contributed by atoms with Crippen LogP contribution in [0.4, 0.5) is 0 Å². The summed E-state index contributed by atoms with van der Waals surface area (Å²) in [5.41, 5.74) is 3.02. The van der Waals surface area contributed by atoms with Gasteiger partial charge in [0.25, 0.3) is 0 Å². The van der Waals surface area contributed by atoms with Gasteiger partial charge in [-0.1, -0.05) is 0 Å². The number of rotatable bonds is 1. The quantitative estimate of drug-likeness (QED) is 0.677. The van der Waals surface area contributed by atoms with Crippen molar-refractivity contribution in [3.05, 3.63) is 30.2 Å². The van der Waals surface area contributed by atoms with E-state index in [0.29, 0.717) is 5.16 Å². The minimum atomic E-state index is 0.643. The fourth-order valence-electron chi connectivity index (χ4n) is 1.24. The van der Waals surface area contributed by atoms with E-state index >= 15 is 0 Å². The first kappa shape index (κ1) is 8.31. The van der Waals surface area contributed by atoms with Crippen LogP contribution in [0.2, 0.25) is 0 Å². The normalized spacial score (nSPS) is 10.3.